The predicted octanol–water partition coefficient (Wildman–Crippen LogP) is 3.12. The molecule has 1 N–H and O–H groups in total. The average Bonchev–Trinajstić information content (AvgIpc) is 3.12. The van der Waals surface area contributed by atoms with Crippen LogP contribution in [0.2, 0.25) is 0 Å². The molecule has 0 bridgehead atoms. The highest BCUT2D eigenvalue weighted by Crippen LogP contribution is 2.30. The van der Waals surface area contributed by atoms with Crippen LogP contribution in [0.3, 0.4) is 0 Å². The second-order valence-corrected chi connectivity index (χ2v) is 6.98. The van der Waals surface area contributed by atoms with Crippen LogP contribution >= 0.6 is 0 Å². The molecule has 0 fully saturated rings. The Balaban J connectivity index is 1.76. The lowest BCUT2D eigenvalue weighted by molar-refractivity contribution is -0.109. The molecule has 0 radical (unpaired) electrons. The van der Waals surface area contributed by atoms with Crippen molar-refractivity contribution in [1.82, 2.24) is 20.1 Å². The third-order valence-electron chi connectivity index (χ3n) is 4.93. The first-order valence-corrected chi connectivity index (χ1v) is 9.33. The van der Waals surface area contributed by atoms with Crippen molar-refractivity contribution >= 4 is 6.41 Å². The maximum Gasteiger partial charge on any atom is 0.207 e. The maximum absolute atomic E-state index is 10.3. The van der Waals surface area contributed by atoms with Crippen molar-refractivity contribution in [3.8, 4) is 17.0 Å². The number of amides is 1. The van der Waals surface area contributed by atoms with Gasteiger partial charge in [0.1, 0.15) is 12.4 Å². The van der Waals surface area contributed by atoms with Gasteiger partial charge in [-0.25, -0.2) is 0 Å². The quantitative estimate of drug-likeness (QED) is 0.483. The van der Waals surface area contributed by atoms with Crippen LogP contribution in [-0.4, -0.2) is 34.3 Å². The zero-order valence-electron chi connectivity index (χ0n) is 16.8. The van der Waals surface area contributed by atoms with Gasteiger partial charge in [-0.2, -0.15) is 5.10 Å². The first-order valence-electron chi connectivity index (χ1n) is 9.33. The monoisotopic (exact) mass is 378 g/mol. The van der Waals surface area contributed by atoms with Gasteiger partial charge in [-0.05, 0) is 61.1 Å². The molecule has 3 rings (SSSR count). The lowest BCUT2D eigenvalue weighted by Crippen LogP contribution is -2.19. The molecule has 146 valence electrons. The maximum atomic E-state index is 10.3. The van der Waals surface area contributed by atoms with Gasteiger partial charge in [-0.15, -0.1) is 0 Å². The molecule has 0 atom stereocenters. The Morgan fingerprint density at radius 1 is 1.18 bits per heavy atom. The standard InChI is InChI=1S/C22H26N4O2/c1-15-9-19(16(2)17(3)22(15)28-8-7-23-14-27)10-18-5-6-21(24-11-18)20-12-25-26(4)13-20/h5-6,9,11-14H,7-8,10H2,1-4H3,(H,23,27). The summed E-state index contributed by atoms with van der Waals surface area (Å²) in [5.41, 5.74) is 7.84. The minimum Gasteiger partial charge on any atom is -0.491 e. The number of hydrogen-bond acceptors (Lipinski definition) is 4. The van der Waals surface area contributed by atoms with Gasteiger partial charge in [0.25, 0.3) is 0 Å². The summed E-state index contributed by atoms with van der Waals surface area (Å²) in [7, 11) is 1.90. The molecular formula is C22H26N4O2. The highest BCUT2D eigenvalue weighted by atomic mass is 16.5. The number of nitrogens with one attached hydrogen (secondary N) is 1. The molecule has 0 aliphatic carbocycles. The fourth-order valence-electron chi connectivity index (χ4n) is 3.29. The smallest absolute Gasteiger partial charge is 0.207 e. The topological polar surface area (TPSA) is 69.0 Å². The molecule has 3 aromatic rings. The number of rotatable bonds is 8. The van der Waals surface area contributed by atoms with Crippen LogP contribution in [0.1, 0.15) is 27.8 Å². The molecule has 28 heavy (non-hydrogen) atoms. The van der Waals surface area contributed by atoms with E-state index in [-0.39, 0.29) is 0 Å². The second kappa shape index (κ2) is 8.69. The van der Waals surface area contributed by atoms with Crippen molar-refractivity contribution in [3.63, 3.8) is 0 Å². The third kappa shape index (κ3) is 4.39. The van der Waals surface area contributed by atoms with E-state index in [0.717, 1.165) is 34.6 Å². The molecular weight excluding hydrogens is 352 g/mol. The minimum atomic E-state index is 0.457. The van der Waals surface area contributed by atoms with Gasteiger partial charge >= 0.3 is 0 Å². The van der Waals surface area contributed by atoms with Gasteiger partial charge < -0.3 is 10.1 Å². The summed E-state index contributed by atoms with van der Waals surface area (Å²) in [6, 6.07) is 6.34. The SMILES string of the molecule is Cc1cc(Cc2ccc(-c3cnn(C)c3)nc2)c(C)c(C)c1OCCNC=O. The van der Waals surface area contributed by atoms with E-state index in [1.165, 1.54) is 16.7 Å². The highest BCUT2D eigenvalue weighted by molar-refractivity contribution is 5.57. The van der Waals surface area contributed by atoms with Gasteiger partial charge in [-0.3, -0.25) is 14.5 Å². The van der Waals surface area contributed by atoms with Crippen molar-refractivity contribution in [2.45, 2.75) is 27.2 Å². The number of hydrogen-bond donors (Lipinski definition) is 1. The van der Waals surface area contributed by atoms with Crippen LogP contribution in [0.5, 0.6) is 5.75 Å². The Labute approximate surface area is 165 Å². The first kappa shape index (κ1) is 19.6. The van der Waals surface area contributed by atoms with Crippen molar-refractivity contribution in [3.05, 3.63) is 64.6 Å². The first-order chi connectivity index (χ1) is 13.5. The van der Waals surface area contributed by atoms with Crippen molar-refractivity contribution in [2.75, 3.05) is 13.2 Å². The summed E-state index contributed by atoms with van der Waals surface area (Å²) < 4.78 is 7.66. The van der Waals surface area contributed by atoms with E-state index in [0.29, 0.717) is 19.6 Å². The molecule has 0 unspecified atom stereocenters. The van der Waals surface area contributed by atoms with Gasteiger partial charge in [0, 0.05) is 25.0 Å². The van der Waals surface area contributed by atoms with Gasteiger partial charge in [0.05, 0.1) is 18.4 Å². The number of nitrogens with zero attached hydrogens (tertiary/aromatic N) is 3. The molecule has 6 heteroatoms. The zero-order chi connectivity index (χ0) is 20.1. The molecule has 0 aliphatic heterocycles. The van der Waals surface area contributed by atoms with E-state index in [9.17, 15) is 4.79 Å². The average molecular weight is 378 g/mol. The minimum absolute atomic E-state index is 0.457. The molecule has 1 amide bonds. The van der Waals surface area contributed by atoms with E-state index < -0.39 is 0 Å². The zero-order valence-corrected chi connectivity index (χ0v) is 16.8. The van der Waals surface area contributed by atoms with E-state index >= 15 is 0 Å². The molecule has 0 aliphatic rings. The van der Waals surface area contributed by atoms with Gasteiger partial charge in [0.2, 0.25) is 6.41 Å². The summed E-state index contributed by atoms with van der Waals surface area (Å²) in [5, 5.41) is 6.81. The number of aromatic nitrogens is 3. The van der Waals surface area contributed by atoms with E-state index in [4.69, 9.17) is 4.74 Å². The number of benzene rings is 1. The summed E-state index contributed by atoms with van der Waals surface area (Å²) >= 11 is 0. The van der Waals surface area contributed by atoms with Crippen LogP contribution in [0.15, 0.2) is 36.8 Å². The lowest BCUT2D eigenvalue weighted by atomic mass is 9.94. The Bertz CT molecular complexity index is 961. The van der Waals surface area contributed by atoms with Crippen LogP contribution in [0.4, 0.5) is 0 Å². The summed E-state index contributed by atoms with van der Waals surface area (Å²) in [6.07, 6.45) is 7.22. The molecule has 0 spiro atoms. The largest absolute Gasteiger partial charge is 0.491 e. The molecule has 0 saturated carbocycles. The number of ether oxygens (including phenoxy) is 1. The Morgan fingerprint density at radius 3 is 2.64 bits per heavy atom. The predicted molar refractivity (Wildman–Crippen MR) is 109 cm³/mol. The molecule has 0 saturated heterocycles. The van der Waals surface area contributed by atoms with Crippen LogP contribution < -0.4 is 10.1 Å². The molecule has 6 nitrogen and oxygen atoms in total. The molecule has 2 heterocycles. The van der Waals surface area contributed by atoms with Crippen LogP contribution in [-0.2, 0) is 18.3 Å². The molecule has 1 aromatic carbocycles. The third-order valence-corrected chi connectivity index (χ3v) is 4.93. The summed E-state index contributed by atoms with van der Waals surface area (Å²) in [6.45, 7) is 7.22. The van der Waals surface area contributed by atoms with Crippen molar-refractivity contribution in [2.24, 2.45) is 7.05 Å². The van der Waals surface area contributed by atoms with Gasteiger partial charge in [-0.1, -0.05) is 12.1 Å². The van der Waals surface area contributed by atoms with E-state index in [1.54, 1.807) is 4.68 Å². The van der Waals surface area contributed by atoms with Crippen molar-refractivity contribution in [1.29, 1.82) is 0 Å². The highest BCUT2D eigenvalue weighted by Gasteiger charge is 2.12. The Morgan fingerprint density at radius 2 is 2.00 bits per heavy atom. The number of carbonyl (C=O) groups excluding carboxylic acids is 1. The van der Waals surface area contributed by atoms with Gasteiger partial charge in [0.15, 0.2) is 0 Å². The van der Waals surface area contributed by atoms with Crippen LogP contribution in [0.25, 0.3) is 11.3 Å². The van der Waals surface area contributed by atoms with E-state index in [1.807, 2.05) is 31.7 Å². The number of aryl methyl sites for hydroxylation is 2. The number of carbonyl (C=O) groups is 1. The van der Waals surface area contributed by atoms with Crippen LogP contribution in [0, 0.1) is 20.8 Å². The fraction of sp³-hybridized carbons (Fsp3) is 0.318. The Kier molecular flexibility index (Phi) is 6.09. The fourth-order valence-corrected chi connectivity index (χ4v) is 3.29. The molecule has 2 aromatic heterocycles. The number of pyridine rings is 1. The normalized spacial score (nSPS) is 10.7. The second-order valence-electron chi connectivity index (χ2n) is 6.98. The summed E-state index contributed by atoms with van der Waals surface area (Å²) in [5.74, 6) is 0.902. The van der Waals surface area contributed by atoms with Crippen molar-refractivity contribution < 1.29 is 9.53 Å². The lowest BCUT2D eigenvalue weighted by Gasteiger charge is -2.17. The Hall–Kier alpha value is -3.15. The summed E-state index contributed by atoms with van der Waals surface area (Å²) in [4.78, 5) is 14.9. The van der Waals surface area contributed by atoms with E-state index in [2.05, 4.69) is 48.3 Å².